The van der Waals surface area contributed by atoms with Crippen LogP contribution in [0.4, 0.5) is 0 Å². The first-order valence-corrected chi connectivity index (χ1v) is 23.8. The van der Waals surface area contributed by atoms with Crippen molar-refractivity contribution in [2.24, 2.45) is 0 Å². The van der Waals surface area contributed by atoms with E-state index in [4.69, 9.17) is 18.5 Å². The predicted molar refractivity (Wildman–Crippen MR) is 226 cm³/mol. The summed E-state index contributed by atoms with van der Waals surface area (Å²) in [6.07, 6.45) is 24.9. The number of phosphoric ester groups is 1. The molecule has 1 rings (SSSR count). The van der Waals surface area contributed by atoms with Gasteiger partial charge in [0.05, 0.1) is 6.61 Å². The minimum atomic E-state index is -5.12. The molecule has 13 nitrogen and oxygen atoms in total. The fraction of sp³-hybridized carbons (Fsp3) is 0.818. The zero-order valence-corrected chi connectivity index (χ0v) is 36.5. The van der Waals surface area contributed by atoms with E-state index < -0.39 is 75.7 Å². The summed E-state index contributed by atoms with van der Waals surface area (Å²) in [5.74, 6) is -1.13. The van der Waals surface area contributed by atoms with Gasteiger partial charge in [-0.3, -0.25) is 18.6 Å². The van der Waals surface area contributed by atoms with Gasteiger partial charge in [0.2, 0.25) is 0 Å². The molecule has 338 valence electrons. The van der Waals surface area contributed by atoms with Crippen molar-refractivity contribution in [1.82, 2.24) is 0 Å². The number of carbonyl (C=O) groups excluding carboxylic acids is 2. The number of hydrogen-bond donors (Lipinski definition) is 6. The van der Waals surface area contributed by atoms with Gasteiger partial charge in [-0.15, -0.1) is 0 Å². The van der Waals surface area contributed by atoms with Gasteiger partial charge in [-0.05, 0) is 64.2 Å². The summed E-state index contributed by atoms with van der Waals surface area (Å²) < 4.78 is 33.5. The summed E-state index contributed by atoms with van der Waals surface area (Å²) in [6, 6.07) is 0. The number of hydrogen-bond acceptors (Lipinski definition) is 12. The molecule has 1 aliphatic rings. The molecule has 8 atom stereocenters. The summed E-state index contributed by atoms with van der Waals surface area (Å²) in [5.41, 5.74) is 0. The van der Waals surface area contributed by atoms with Gasteiger partial charge in [-0.1, -0.05) is 134 Å². The highest BCUT2D eigenvalue weighted by Gasteiger charge is 2.51. The molecule has 1 saturated carbocycles. The Morgan fingerprint density at radius 2 is 0.948 bits per heavy atom. The molecule has 14 heteroatoms. The van der Waals surface area contributed by atoms with Crippen molar-refractivity contribution in [2.45, 2.75) is 217 Å². The molecule has 0 bridgehead atoms. The van der Waals surface area contributed by atoms with Crippen LogP contribution < -0.4 is 0 Å². The van der Waals surface area contributed by atoms with Crippen molar-refractivity contribution < 1.29 is 63.1 Å². The Bertz CT molecular complexity index is 1160. The van der Waals surface area contributed by atoms with Gasteiger partial charge >= 0.3 is 19.8 Å². The van der Waals surface area contributed by atoms with Crippen LogP contribution in [0.2, 0.25) is 0 Å². The van der Waals surface area contributed by atoms with Crippen LogP contribution in [-0.2, 0) is 32.7 Å². The zero-order chi connectivity index (χ0) is 42.9. The molecule has 0 heterocycles. The van der Waals surface area contributed by atoms with E-state index >= 15 is 0 Å². The molecule has 58 heavy (non-hydrogen) atoms. The van der Waals surface area contributed by atoms with Crippen molar-refractivity contribution in [1.29, 1.82) is 0 Å². The van der Waals surface area contributed by atoms with E-state index in [1.54, 1.807) is 0 Å². The molecular weight excluding hydrogens is 767 g/mol. The third-order valence-corrected chi connectivity index (χ3v) is 11.2. The second-order valence-electron chi connectivity index (χ2n) is 15.5. The Hall–Kier alpha value is -1.93. The van der Waals surface area contributed by atoms with E-state index in [-0.39, 0.29) is 12.8 Å². The average Bonchev–Trinajstić information content (AvgIpc) is 3.20. The number of esters is 2. The number of ether oxygens (including phenoxy) is 2. The molecule has 1 fully saturated rings. The smallest absolute Gasteiger partial charge is 0.462 e. The number of rotatable bonds is 36. The van der Waals surface area contributed by atoms with Crippen molar-refractivity contribution in [3.05, 3.63) is 36.5 Å². The summed E-state index contributed by atoms with van der Waals surface area (Å²) >= 11 is 0. The molecule has 0 amide bonds. The van der Waals surface area contributed by atoms with Crippen LogP contribution >= 0.6 is 7.82 Å². The maximum absolute atomic E-state index is 12.8. The quantitative estimate of drug-likeness (QED) is 0.0152. The first kappa shape index (κ1) is 54.1. The molecule has 6 N–H and O–H groups in total. The standard InChI is InChI=1S/C44H79O13P/c1-3-5-7-9-11-13-15-17-19-21-22-24-26-28-30-32-37(45)54-34-36(35-55-58(52,53)57-44-42(50)40(48)39(47)41(49)43(44)51)56-38(46)33-31-29-27-25-23-20-18-16-14-12-10-8-6-4-2/h10,12,16-19,36,39-44,47-51H,3-9,11,13-15,20-35H2,1-2H3,(H,52,53)/b12-10-,18-16-,19-17-/t36-,39?,40-,41?,42?,43?,44?/m1/s1. The lowest BCUT2D eigenvalue weighted by Crippen LogP contribution is -2.64. The van der Waals surface area contributed by atoms with Gasteiger partial charge in [-0.25, -0.2) is 4.57 Å². The maximum Gasteiger partial charge on any atom is 0.472 e. The number of carbonyl (C=O) groups is 2. The molecular formula is C44H79O13P. The highest BCUT2D eigenvalue weighted by atomic mass is 31.2. The molecule has 1 aliphatic carbocycles. The third-order valence-electron chi connectivity index (χ3n) is 10.2. The molecule has 0 aromatic heterocycles. The van der Waals surface area contributed by atoms with Crippen LogP contribution in [0, 0.1) is 0 Å². The zero-order valence-electron chi connectivity index (χ0n) is 35.6. The maximum atomic E-state index is 12.8. The Labute approximate surface area is 348 Å². The van der Waals surface area contributed by atoms with Crippen molar-refractivity contribution >= 4 is 19.8 Å². The van der Waals surface area contributed by atoms with Gasteiger partial charge in [0.25, 0.3) is 0 Å². The van der Waals surface area contributed by atoms with Crippen LogP contribution in [0.15, 0.2) is 36.5 Å². The summed E-state index contributed by atoms with van der Waals surface area (Å²) in [5, 5.41) is 50.1. The topological polar surface area (TPSA) is 210 Å². The van der Waals surface area contributed by atoms with E-state index in [1.165, 1.54) is 51.4 Å². The third kappa shape index (κ3) is 27.0. The monoisotopic (exact) mass is 847 g/mol. The lowest BCUT2D eigenvalue weighted by molar-refractivity contribution is -0.220. The molecule has 0 radical (unpaired) electrons. The van der Waals surface area contributed by atoms with Crippen LogP contribution in [0.3, 0.4) is 0 Å². The molecule has 6 unspecified atom stereocenters. The predicted octanol–water partition coefficient (Wildman–Crippen LogP) is 8.22. The summed E-state index contributed by atoms with van der Waals surface area (Å²) in [7, 11) is -5.12. The Morgan fingerprint density at radius 1 is 0.534 bits per heavy atom. The molecule has 0 saturated heterocycles. The highest BCUT2D eigenvalue weighted by Crippen LogP contribution is 2.47. The number of aliphatic hydroxyl groups excluding tert-OH is 5. The Balaban J connectivity index is 2.50. The lowest BCUT2D eigenvalue weighted by atomic mass is 9.85. The van der Waals surface area contributed by atoms with Crippen molar-refractivity contribution in [3.8, 4) is 0 Å². The minimum absolute atomic E-state index is 0.0788. The average molecular weight is 847 g/mol. The van der Waals surface area contributed by atoms with Gasteiger partial charge in [0.1, 0.15) is 43.2 Å². The number of allylic oxidation sites excluding steroid dienone is 6. The van der Waals surface area contributed by atoms with Gasteiger partial charge < -0.3 is 39.9 Å². The summed E-state index contributed by atoms with van der Waals surface area (Å²) in [6.45, 7) is 3.22. The van der Waals surface area contributed by atoms with Crippen LogP contribution in [0.1, 0.15) is 174 Å². The fourth-order valence-corrected chi connectivity index (χ4v) is 7.51. The van der Waals surface area contributed by atoms with Crippen LogP contribution in [-0.4, -0.2) is 98.3 Å². The summed E-state index contributed by atoms with van der Waals surface area (Å²) in [4.78, 5) is 35.6. The number of phosphoric acid groups is 1. The Morgan fingerprint density at radius 3 is 1.47 bits per heavy atom. The fourth-order valence-electron chi connectivity index (χ4n) is 6.53. The second kappa shape index (κ2) is 34.7. The van der Waals surface area contributed by atoms with E-state index in [1.807, 2.05) is 0 Å². The SMILES string of the molecule is CCCC/C=C\C/C=C\CCCCCCCC(=O)O[C@H](COC(=O)CCCCCCC/C=C\CCCCCCCC)COP(=O)(O)OC1C(O)C(O)C(O)[C@@H](O)C1O. The van der Waals surface area contributed by atoms with Crippen molar-refractivity contribution in [3.63, 3.8) is 0 Å². The van der Waals surface area contributed by atoms with E-state index in [0.29, 0.717) is 12.8 Å². The molecule has 0 aromatic rings. The second-order valence-corrected chi connectivity index (χ2v) is 16.9. The first-order chi connectivity index (χ1) is 27.9. The normalized spacial score (nSPS) is 22.8. The van der Waals surface area contributed by atoms with Crippen molar-refractivity contribution in [2.75, 3.05) is 13.2 Å². The number of aliphatic hydroxyl groups is 5. The molecule has 0 aromatic carbocycles. The van der Waals surface area contributed by atoms with Crippen LogP contribution in [0.25, 0.3) is 0 Å². The minimum Gasteiger partial charge on any atom is -0.462 e. The highest BCUT2D eigenvalue weighted by molar-refractivity contribution is 7.47. The lowest BCUT2D eigenvalue weighted by Gasteiger charge is -2.41. The van der Waals surface area contributed by atoms with Gasteiger partial charge in [0, 0.05) is 12.8 Å². The van der Waals surface area contributed by atoms with Gasteiger partial charge in [-0.2, -0.15) is 0 Å². The Kier molecular flexibility index (Phi) is 32.4. The number of unbranched alkanes of at least 4 members (excludes halogenated alkanes) is 18. The van der Waals surface area contributed by atoms with E-state index in [2.05, 4.69) is 50.3 Å². The molecule has 0 aliphatic heterocycles. The van der Waals surface area contributed by atoms with E-state index in [0.717, 1.165) is 83.5 Å². The van der Waals surface area contributed by atoms with E-state index in [9.17, 15) is 44.6 Å². The van der Waals surface area contributed by atoms with Gasteiger partial charge in [0.15, 0.2) is 6.10 Å². The largest absolute Gasteiger partial charge is 0.472 e. The molecule has 0 spiro atoms. The first-order valence-electron chi connectivity index (χ1n) is 22.3. The van der Waals surface area contributed by atoms with Crippen LogP contribution in [0.5, 0.6) is 0 Å².